The summed E-state index contributed by atoms with van der Waals surface area (Å²) in [6.07, 6.45) is 0. The predicted octanol–water partition coefficient (Wildman–Crippen LogP) is 2.92. The van der Waals surface area contributed by atoms with Gasteiger partial charge in [-0.25, -0.2) is 4.98 Å². The van der Waals surface area contributed by atoms with Gasteiger partial charge in [0.2, 0.25) is 0 Å². The van der Waals surface area contributed by atoms with Crippen molar-refractivity contribution in [1.29, 1.82) is 0 Å². The first-order chi connectivity index (χ1) is 9.51. The van der Waals surface area contributed by atoms with Crippen molar-refractivity contribution in [2.45, 2.75) is 13.8 Å². The third-order valence-corrected chi connectivity index (χ3v) is 3.84. The molecule has 0 aliphatic rings. The van der Waals surface area contributed by atoms with Gasteiger partial charge in [0.15, 0.2) is 10.9 Å². The van der Waals surface area contributed by atoms with E-state index in [1.54, 1.807) is 38.3 Å². The number of nitrogens with zero attached hydrogens (tertiary/aromatic N) is 1. The lowest BCUT2D eigenvalue weighted by atomic mass is 10.2. The fraction of sp³-hybridized carbons (Fsp3) is 0.214. The normalized spacial score (nSPS) is 10.2. The molecule has 0 fully saturated rings. The van der Waals surface area contributed by atoms with E-state index in [4.69, 9.17) is 4.74 Å². The summed E-state index contributed by atoms with van der Waals surface area (Å²) in [5.74, 6) is 0.270. The zero-order valence-electron chi connectivity index (χ0n) is 11.4. The highest BCUT2D eigenvalue weighted by Gasteiger charge is 2.14. The van der Waals surface area contributed by atoms with Gasteiger partial charge in [-0.3, -0.25) is 14.9 Å². The second-order valence-electron chi connectivity index (χ2n) is 4.18. The maximum Gasteiger partial charge on any atom is 0.257 e. The van der Waals surface area contributed by atoms with Gasteiger partial charge in [-0.1, -0.05) is 17.4 Å². The van der Waals surface area contributed by atoms with Crippen LogP contribution in [0.25, 0.3) is 0 Å². The monoisotopic (exact) mass is 290 g/mol. The lowest BCUT2D eigenvalue weighted by molar-refractivity contribution is 0.101. The first kappa shape index (κ1) is 14.2. The van der Waals surface area contributed by atoms with Gasteiger partial charge in [0.25, 0.3) is 5.91 Å². The number of amides is 1. The third kappa shape index (κ3) is 3.03. The number of carbonyl (C=O) groups is 2. The van der Waals surface area contributed by atoms with E-state index in [2.05, 4.69) is 10.3 Å². The standard InChI is InChI=1S/C14H14N2O3S/c1-8-12(9(2)17)20-14(15-8)16-13(18)10-5-4-6-11(7-10)19-3/h4-7H,1-3H3,(H,15,16,18). The van der Waals surface area contributed by atoms with Gasteiger partial charge in [0.1, 0.15) is 5.75 Å². The summed E-state index contributed by atoms with van der Waals surface area (Å²) < 4.78 is 5.07. The van der Waals surface area contributed by atoms with Crippen LogP contribution < -0.4 is 10.1 Å². The Labute approximate surface area is 120 Å². The largest absolute Gasteiger partial charge is 0.497 e. The molecule has 1 amide bonds. The summed E-state index contributed by atoms with van der Waals surface area (Å²) in [5.41, 5.74) is 1.10. The topological polar surface area (TPSA) is 68.3 Å². The minimum atomic E-state index is -0.284. The molecule has 6 heteroatoms. The van der Waals surface area contributed by atoms with Crippen LogP contribution in [0.1, 0.15) is 32.6 Å². The van der Waals surface area contributed by atoms with Crippen molar-refractivity contribution < 1.29 is 14.3 Å². The number of methoxy groups -OCH3 is 1. The summed E-state index contributed by atoms with van der Waals surface area (Å²) in [5, 5.41) is 3.10. The van der Waals surface area contributed by atoms with Crippen molar-refractivity contribution in [2.24, 2.45) is 0 Å². The Morgan fingerprint density at radius 1 is 1.35 bits per heavy atom. The molecule has 104 valence electrons. The molecule has 2 aromatic rings. The lowest BCUT2D eigenvalue weighted by Gasteiger charge is -2.04. The van der Waals surface area contributed by atoms with Gasteiger partial charge in [-0.15, -0.1) is 0 Å². The van der Waals surface area contributed by atoms with E-state index in [0.29, 0.717) is 27.0 Å². The molecule has 0 saturated carbocycles. The first-order valence-corrected chi connectivity index (χ1v) is 6.76. The number of carbonyl (C=O) groups excluding carboxylic acids is 2. The molecule has 1 heterocycles. The second-order valence-corrected chi connectivity index (χ2v) is 5.17. The Kier molecular flexibility index (Phi) is 4.14. The van der Waals surface area contributed by atoms with Crippen LogP contribution in [0.4, 0.5) is 5.13 Å². The Hall–Kier alpha value is -2.21. The quantitative estimate of drug-likeness (QED) is 0.879. The average molecular weight is 290 g/mol. The summed E-state index contributed by atoms with van der Waals surface area (Å²) in [6.45, 7) is 3.22. The van der Waals surface area contributed by atoms with Crippen LogP contribution in [0.15, 0.2) is 24.3 Å². The highest BCUT2D eigenvalue weighted by Crippen LogP contribution is 2.23. The summed E-state index contributed by atoms with van der Waals surface area (Å²) in [4.78, 5) is 28.2. The summed E-state index contributed by atoms with van der Waals surface area (Å²) in [7, 11) is 1.54. The molecule has 5 nitrogen and oxygen atoms in total. The summed E-state index contributed by atoms with van der Waals surface area (Å²) in [6, 6.07) is 6.83. The van der Waals surface area contributed by atoms with Gasteiger partial charge in [0.05, 0.1) is 17.7 Å². The van der Waals surface area contributed by atoms with E-state index in [1.165, 1.54) is 18.3 Å². The number of hydrogen-bond donors (Lipinski definition) is 1. The van der Waals surface area contributed by atoms with Crippen molar-refractivity contribution in [2.75, 3.05) is 12.4 Å². The van der Waals surface area contributed by atoms with Crippen LogP contribution >= 0.6 is 11.3 Å². The zero-order valence-corrected chi connectivity index (χ0v) is 12.2. The van der Waals surface area contributed by atoms with E-state index in [-0.39, 0.29) is 11.7 Å². The van der Waals surface area contributed by atoms with Crippen LogP contribution in [-0.2, 0) is 0 Å². The zero-order chi connectivity index (χ0) is 14.7. The SMILES string of the molecule is COc1cccc(C(=O)Nc2nc(C)c(C(C)=O)s2)c1. The van der Waals surface area contributed by atoms with Crippen LogP contribution in [-0.4, -0.2) is 23.8 Å². The molecule has 0 unspecified atom stereocenters. The fourth-order valence-corrected chi connectivity index (χ4v) is 2.57. The average Bonchev–Trinajstić information content (AvgIpc) is 2.79. The van der Waals surface area contributed by atoms with Gasteiger partial charge < -0.3 is 4.74 Å². The first-order valence-electron chi connectivity index (χ1n) is 5.95. The van der Waals surface area contributed by atoms with Crippen molar-refractivity contribution in [3.8, 4) is 5.75 Å². The van der Waals surface area contributed by atoms with Crippen LogP contribution in [0.3, 0.4) is 0 Å². The second kappa shape index (κ2) is 5.83. The maximum atomic E-state index is 12.1. The molecular weight excluding hydrogens is 276 g/mol. The molecule has 20 heavy (non-hydrogen) atoms. The van der Waals surface area contributed by atoms with Gasteiger partial charge in [-0.2, -0.15) is 0 Å². The molecule has 1 aromatic heterocycles. The third-order valence-electron chi connectivity index (χ3n) is 2.67. The molecule has 0 aliphatic heterocycles. The molecule has 0 bridgehead atoms. The number of rotatable bonds is 4. The van der Waals surface area contributed by atoms with E-state index >= 15 is 0 Å². The van der Waals surface area contributed by atoms with Gasteiger partial charge >= 0.3 is 0 Å². The van der Waals surface area contributed by atoms with E-state index < -0.39 is 0 Å². The molecule has 1 N–H and O–H groups in total. The summed E-state index contributed by atoms with van der Waals surface area (Å²) >= 11 is 1.18. The fourth-order valence-electron chi connectivity index (χ4n) is 1.71. The number of ether oxygens (including phenoxy) is 1. The number of aromatic nitrogens is 1. The number of anilines is 1. The molecule has 0 aliphatic carbocycles. The van der Waals surface area contributed by atoms with Gasteiger partial charge in [0, 0.05) is 12.5 Å². The molecule has 0 saturated heterocycles. The van der Waals surface area contributed by atoms with Crippen molar-refractivity contribution in [3.63, 3.8) is 0 Å². The lowest BCUT2D eigenvalue weighted by Crippen LogP contribution is -2.11. The highest BCUT2D eigenvalue weighted by molar-refractivity contribution is 7.17. The van der Waals surface area contributed by atoms with Gasteiger partial charge in [-0.05, 0) is 25.1 Å². The van der Waals surface area contributed by atoms with Crippen molar-refractivity contribution in [3.05, 3.63) is 40.4 Å². The van der Waals surface area contributed by atoms with Crippen molar-refractivity contribution in [1.82, 2.24) is 4.98 Å². The van der Waals surface area contributed by atoms with Crippen LogP contribution in [0, 0.1) is 6.92 Å². The Bertz CT molecular complexity index is 664. The van der Waals surface area contributed by atoms with Crippen LogP contribution in [0.5, 0.6) is 5.75 Å². The van der Waals surface area contributed by atoms with E-state index in [0.717, 1.165) is 0 Å². The van der Waals surface area contributed by atoms with E-state index in [9.17, 15) is 9.59 Å². The molecule has 0 atom stereocenters. The molecule has 0 spiro atoms. The number of aryl methyl sites for hydroxylation is 1. The maximum absolute atomic E-state index is 12.1. The number of hydrogen-bond acceptors (Lipinski definition) is 5. The smallest absolute Gasteiger partial charge is 0.257 e. The Balaban J connectivity index is 2.19. The van der Waals surface area contributed by atoms with Crippen molar-refractivity contribution >= 4 is 28.2 Å². The minimum Gasteiger partial charge on any atom is -0.497 e. The number of benzene rings is 1. The molecule has 1 aromatic carbocycles. The van der Waals surface area contributed by atoms with Crippen LogP contribution in [0.2, 0.25) is 0 Å². The molecule has 2 rings (SSSR count). The molecular formula is C14H14N2O3S. The van der Waals surface area contributed by atoms with E-state index in [1.807, 2.05) is 0 Å². The number of Topliss-reactive ketones (excluding diaryl/α,β-unsaturated/α-hetero) is 1. The Morgan fingerprint density at radius 2 is 2.10 bits per heavy atom. The number of ketones is 1. The number of nitrogens with one attached hydrogen (secondary N) is 1. The predicted molar refractivity (Wildman–Crippen MR) is 77.8 cm³/mol. The minimum absolute atomic E-state index is 0.0538. The number of thiazole rings is 1. The molecule has 0 radical (unpaired) electrons. The Morgan fingerprint density at radius 3 is 2.70 bits per heavy atom. The highest BCUT2D eigenvalue weighted by atomic mass is 32.1.